The molecule has 2 N–H and O–H groups in total. The maximum atomic E-state index is 13.2. The van der Waals surface area contributed by atoms with E-state index in [1.807, 2.05) is 24.3 Å². The van der Waals surface area contributed by atoms with Crippen molar-refractivity contribution in [1.82, 2.24) is 4.90 Å². The highest BCUT2D eigenvalue weighted by Gasteiger charge is 2.36. The van der Waals surface area contributed by atoms with Crippen molar-refractivity contribution in [3.8, 4) is 5.75 Å². The molecule has 0 fully saturated rings. The summed E-state index contributed by atoms with van der Waals surface area (Å²) >= 11 is 0. The predicted molar refractivity (Wildman–Crippen MR) is 103 cm³/mol. The van der Waals surface area contributed by atoms with Crippen LogP contribution in [0.25, 0.3) is 0 Å². The summed E-state index contributed by atoms with van der Waals surface area (Å²) in [6.07, 6.45) is 0.0913. The molecule has 3 rings (SSSR count). The van der Waals surface area contributed by atoms with Crippen molar-refractivity contribution in [3.05, 3.63) is 59.9 Å². The summed E-state index contributed by atoms with van der Waals surface area (Å²) in [7, 11) is 3.24. The molecule has 0 spiro atoms. The molecule has 0 unspecified atom stereocenters. The maximum Gasteiger partial charge on any atom is 0.270 e. The molecule has 0 saturated carbocycles. The Balaban J connectivity index is 1.79. The van der Waals surface area contributed by atoms with Gasteiger partial charge in [-0.05, 0) is 42.0 Å². The van der Waals surface area contributed by atoms with Gasteiger partial charge < -0.3 is 15.4 Å². The lowest BCUT2D eigenvalue weighted by Crippen LogP contribution is -2.40. The van der Waals surface area contributed by atoms with Gasteiger partial charge in [0.15, 0.2) is 0 Å². The van der Waals surface area contributed by atoms with E-state index in [0.29, 0.717) is 18.0 Å². The number of benzene rings is 2. The molecule has 146 valence electrons. The average molecular weight is 384 g/mol. The number of nitrogens with zero attached hydrogens (tertiary/aromatic N) is 3. The Morgan fingerprint density at radius 2 is 2.00 bits per heavy atom. The van der Waals surface area contributed by atoms with Gasteiger partial charge in [0.25, 0.3) is 5.91 Å². The second-order valence-electron chi connectivity index (χ2n) is 6.50. The van der Waals surface area contributed by atoms with Crippen LogP contribution in [-0.2, 0) is 16.1 Å². The Hall–Kier alpha value is -3.42. The molecular weight excluding hydrogens is 363 g/mol. The van der Waals surface area contributed by atoms with Crippen LogP contribution in [0.3, 0.4) is 0 Å². The number of methoxy groups -OCH3 is 1. The molecule has 2 aromatic rings. The lowest BCUT2D eigenvalue weighted by atomic mass is 10.1. The third-order valence-corrected chi connectivity index (χ3v) is 4.48. The first kappa shape index (κ1) is 19.3. The number of rotatable bonds is 6. The molecule has 1 aliphatic heterocycles. The molecule has 0 saturated heterocycles. The minimum atomic E-state index is -0.797. The number of hydrogen-bond acceptors (Lipinski definition) is 5. The lowest BCUT2D eigenvalue weighted by molar-refractivity contribution is -0.123. The summed E-state index contributed by atoms with van der Waals surface area (Å²) in [5.74, 6) is -0.616. The van der Waals surface area contributed by atoms with E-state index in [1.54, 1.807) is 14.2 Å². The highest BCUT2D eigenvalue weighted by atomic mass is 19.1. The van der Waals surface area contributed by atoms with Gasteiger partial charge in [0.1, 0.15) is 23.3 Å². The van der Waals surface area contributed by atoms with Gasteiger partial charge in [0.2, 0.25) is 5.91 Å². The molecular formula is C20H21FN4O3. The van der Waals surface area contributed by atoms with Crippen molar-refractivity contribution in [2.24, 2.45) is 10.8 Å². The number of carbonyl (C=O) groups excluding carboxylic acids is 2. The fourth-order valence-electron chi connectivity index (χ4n) is 3.03. The Morgan fingerprint density at radius 1 is 1.29 bits per heavy atom. The number of hydrazone groups is 1. The first-order chi connectivity index (χ1) is 13.4. The van der Waals surface area contributed by atoms with Crippen LogP contribution in [0.15, 0.2) is 53.6 Å². The van der Waals surface area contributed by atoms with Crippen molar-refractivity contribution in [2.45, 2.75) is 19.0 Å². The zero-order valence-electron chi connectivity index (χ0n) is 15.6. The summed E-state index contributed by atoms with van der Waals surface area (Å²) < 4.78 is 18.4. The molecule has 1 atom stereocenters. The third kappa shape index (κ3) is 4.11. The Kier molecular flexibility index (Phi) is 5.58. The van der Waals surface area contributed by atoms with E-state index in [0.717, 1.165) is 5.56 Å². The van der Waals surface area contributed by atoms with E-state index >= 15 is 0 Å². The van der Waals surface area contributed by atoms with Crippen LogP contribution < -0.4 is 15.5 Å². The van der Waals surface area contributed by atoms with E-state index in [-0.39, 0.29) is 18.0 Å². The van der Waals surface area contributed by atoms with Crippen LogP contribution in [0.1, 0.15) is 12.0 Å². The molecule has 2 aromatic carbocycles. The summed E-state index contributed by atoms with van der Waals surface area (Å²) in [4.78, 5) is 26.2. The van der Waals surface area contributed by atoms with Crippen molar-refractivity contribution in [1.29, 1.82) is 0 Å². The number of primary amides is 1. The Morgan fingerprint density at radius 3 is 2.64 bits per heavy atom. The summed E-state index contributed by atoms with van der Waals surface area (Å²) in [5.41, 5.74) is 7.09. The van der Waals surface area contributed by atoms with E-state index in [4.69, 9.17) is 10.5 Å². The van der Waals surface area contributed by atoms with Crippen LogP contribution in [0.5, 0.6) is 5.75 Å². The van der Waals surface area contributed by atoms with E-state index < -0.39 is 17.8 Å². The van der Waals surface area contributed by atoms with Crippen LogP contribution in [0.4, 0.5) is 10.1 Å². The maximum absolute atomic E-state index is 13.2. The Labute approximate surface area is 162 Å². The van der Waals surface area contributed by atoms with Gasteiger partial charge in [-0.15, -0.1) is 0 Å². The number of carbonyl (C=O) groups is 2. The first-order valence-electron chi connectivity index (χ1n) is 8.69. The average Bonchev–Trinajstić information content (AvgIpc) is 3.13. The van der Waals surface area contributed by atoms with Crippen molar-refractivity contribution in [3.63, 3.8) is 0 Å². The molecule has 0 radical (unpaired) electrons. The second kappa shape index (κ2) is 8.08. The monoisotopic (exact) mass is 384 g/mol. The Bertz CT molecular complexity index is 914. The second-order valence-corrected chi connectivity index (χ2v) is 6.50. The number of anilines is 1. The van der Waals surface area contributed by atoms with Crippen molar-refractivity contribution < 1.29 is 18.7 Å². The predicted octanol–water partition coefficient (Wildman–Crippen LogP) is 1.91. The molecule has 8 heteroatoms. The van der Waals surface area contributed by atoms with Crippen molar-refractivity contribution in [2.75, 3.05) is 19.2 Å². The van der Waals surface area contributed by atoms with Crippen LogP contribution in [0.2, 0.25) is 0 Å². The first-order valence-corrected chi connectivity index (χ1v) is 8.69. The number of nitrogens with two attached hydrogens (primary N) is 1. The van der Waals surface area contributed by atoms with E-state index in [1.165, 1.54) is 34.2 Å². The molecule has 1 heterocycles. The zero-order valence-corrected chi connectivity index (χ0v) is 15.6. The van der Waals surface area contributed by atoms with Crippen LogP contribution in [-0.4, -0.2) is 42.6 Å². The molecule has 0 aliphatic carbocycles. The minimum Gasteiger partial charge on any atom is -0.497 e. The molecule has 0 aromatic heterocycles. The minimum absolute atomic E-state index is 0.0913. The molecule has 28 heavy (non-hydrogen) atoms. The standard InChI is InChI=1S/C20H21FN4O3/c1-24(12-13-4-3-5-16(10-13)28-2)20(27)17-11-18(19(22)26)25(23-17)15-8-6-14(21)7-9-15/h3-10,18H,11-12H2,1-2H3,(H2,22,26)/t18-/m1/s1. The quantitative estimate of drug-likeness (QED) is 0.824. The highest BCUT2D eigenvalue weighted by molar-refractivity contribution is 6.40. The van der Waals surface area contributed by atoms with Gasteiger partial charge >= 0.3 is 0 Å². The van der Waals surface area contributed by atoms with Gasteiger partial charge in [0.05, 0.1) is 12.8 Å². The van der Waals surface area contributed by atoms with Gasteiger partial charge in [-0.2, -0.15) is 5.10 Å². The summed E-state index contributed by atoms with van der Waals surface area (Å²) in [5, 5.41) is 5.67. The number of halogens is 1. The van der Waals surface area contributed by atoms with E-state index in [9.17, 15) is 14.0 Å². The van der Waals surface area contributed by atoms with Gasteiger partial charge in [0, 0.05) is 20.0 Å². The highest BCUT2D eigenvalue weighted by Crippen LogP contribution is 2.25. The van der Waals surface area contributed by atoms with Gasteiger partial charge in [-0.3, -0.25) is 14.6 Å². The fourth-order valence-corrected chi connectivity index (χ4v) is 3.03. The third-order valence-electron chi connectivity index (χ3n) is 4.48. The molecule has 7 nitrogen and oxygen atoms in total. The zero-order chi connectivity index (χ0) is 20.3. The van der Waals surface area contributed by atoms with Crippen LogP contribution >= 0.6 is 0 Å². The number of hydrogen-bond donors (Lipinski definition) is 1. The summed E-state index contributed by atoms with van der Waals surface area (Å²) in [6, 6.07) is 12.1. The molecule has 1 aliphatic rings. The lowest BCUT2D eigenvalue weighted by Gasteiger charge is -2.20. The normalized spacial score (nSPS) is 15.9. The number of amides is 2. The fraction of sp³-hybridized carbons (Fsp3) is 0.250. The summed E-state index contributed by atoms with van der Waals surface area (Å²) in [6.45, 7) is 0.354. The van der Waals surface area contributed by atoms with Gasteiger partial charge in [-0.25, -0.2) is 4.39 Å². The molecule has 0 bridgehead atoms. The van der Waals surface area contributed by atoms with Crippen molar-refractivity contribution >= 4 is 23.2 Å². The topological polar surface area (TPSA) is 88.2 Å². The van der Waals surface area contributed by atoms with Crippen LogP contribution in [0, 0.1) is 5.82 Å². The SMILES string of the molecule is COc1cccc(CN(C)C(=O)C2=NN(c3ccc(F)cc3)[C@@H](C(N)=O)C2)c1. The number of ether oxygens (including phenoxy) is 1. The molecule has 2 amide bonds. The smallest absolute Gasteiger partial charge is 0.270 e. The van der Waals surface area contributed by atoms with E-state index in [2.05, 4.69) is 5.10 Å². The van der Waals surface area contributed by atoms with Gasteiger partial charge in [-0.1, -0.05) is 12.1 Å². The largest absolute Gasteiger partial charge is 0.497 e.